The van der Waals surface area contributed by atoms with E-state index in [0.29, 0.717) is 0 Å². The van der Waals surface area contributed by atoms with Gasteiger partial charge in [-0.1, -0.05) is 0 Å². The van der Waals surface area contributed by atoms with Gasteiger partial charge in [0.1, 0.15) is 0 Å². The first-order chi connectivity index (χ1) is 0. The third-order valence-electron chi connectivity index (χ3n) is 0. The van der Waals surface area contributed by atoms with E-state index in [1.54, 1.807) is 0 Å². The summed E-state index contributed by atoms with van der Waals surface area (Å²) in [6.07, 6.45) is 0. The van der Waals surface area contributed by atoms with Crippen LogP contribution in [0.15, 0.2) is 0 Å². The van der Waals surface area contributed by atoms with Crippen LogP contribution in [0.3, 0.4) is 0 Å². The van der Waals surface area contributed by atoms with Crippen LogP contribution in [-0.2, 0) is 43.4 Å². The van der Waals surface area contributed by atoms with E-state index in [1.165, 1.54) is 0 Å². The van der Waals surface area contributed by atoms with Gasteiger partial charge in [0.2, 0.25) is 0 Å². The van der Waals surface area contributed by atoms with Crippen LogP contribution in [0.25, 0.3) is 0 Å². The maximum absolute atomic E-state index is 0. The van der Waals surface area contributed by atoms with Crippen LogP contribution in [0, 0.1) is 0 Å². The van der Waals surface area contributed by atoms with Crippen LogP contribution in [-0.4, -0.2) is 0 Å². The molecule has 0 unspecified atom stereocenters. The van der Waals surface area contributed by atoms with Crippen molar-refractivity contribution in [2.75, 3.05) is 0 Å². The van der Waals surface area contributed by atoms with Crippen molar-refractivity contribution in [1.82, 2.24) is 24.6 Å². The van der Waals surface area contributed by atoms with E-state index in [1.807, 2.05) is 0 Å². The Kier molecular flexibility index (Phi) is 3200. The van der Waals surface area contributed by atoms with Crippen LogP contribution < -0.4 is 24.6 Å². The molecule has 6 heavy (non-hydrogen) atoms. The molecule has 0 heterocycles. The largest absolute Gasteiger partial charge is 0.344 e. The minimum atomic E-state index is 0. The summed E-state index contributed by atoms with van der Waals surface area (Å²) in [5.74, 6) is 0. The van der Waals surface area contributed by atoms with Gasteiger partial charge in [0.25, 0.3) is 0 Å². The van der Waals surface area contributed by atoms with Gasteiger partial charge in [0, 0.05) is 43.4 Å². The molecular weight excluding hydrogens is 152 g/mol. The van der Waals surface area contributed by atoms with Gasteiger partial charge in [-0.2, -0.15) is 0 Å². The van der Waals surface area contributed by atoms with Crippen molar-refractivity contribution >= 4 is 0 Å². The molecule has 12 N–H and O–H groups in total. The minimum absolute atomic E-state index is 0. The zero-order valence-electron chi connectivity index (χ0n) is 3.83. The molecule has 6 heteroatoms. The summed E-state index contributed by atoms with van der Waals surface area (Å²) < 4.78 is 0. The second-order valence-electron chi connectivity index (χ2n) is 0. The summed E-state index contributed by atoms with van der Waals surface area (Å²) in [6, 6.07) is 0. The van der Waals surface area contributed by atoms with Crippen LogP contribution in [0.1, 0.15) is 0 Å². The SMILES string of the molecule is N.N.N.N.[Ti].[Ti]. The topological polar surface area (TPSA) is 140 Å². The summed E-state index contributed by atoms with van der Waals surface area (Å²) >= 11 is 0. The fraction of sp³-hybridized carbons (Fsp3) is 0. The maximum atomic E-state index is 0. The van der Waals surface area contributed by atoms with Gasteiger partial charge in [-0.25, -0.2) is 0 Å². The summed E-state index contributed by atoms with van der Waals surface area (Å²) in [5.41, 5.74) is 0. The molecule has 0 rings (SSSR count). The molecule has 0 bridgehead atoms. The standard InChI is InChI=1S/4H3N.2Ti/h4*1H3;;. The molecule has 0 aliphatic heterocycles. The van der Waals surface area contributed by atoms with Crippen molar-refractivity contribution in [2.24, 2.45) is 0 Å². The molecule has 0 aromatic carbocycles. The van der Waals surface area contributed by atoms with Gasteiger partial charge in [0.05, 0.1) is 0 Å². The van der Waals surface area contributed by atoms with E-state index in [2.05, 4.69) is 0 Å². The molecule has 0 saturated carbocycles. The monoisotopic (exact) mass is 164 g/mol. The quantitative estimate of drug-likeness (QED) is 0.389. The van der Waals surface area contributed by atoms with E-state index in [4.69, 9.17) is 0 Å². The Morgan fingerprint density at radius 1 is 0.333 bits per heavy atom. The fourth-order valence-corrected chi connectivity index (χ4v) is 0. The Balaban J connectivity index is 0. The van der Waals surface area contributed by atoms with Crippen LogP contribution in [0.5, 0.6) is 0 Å². The average molecular weight is 164 g/mol. The van der Waals surface area contributed by atoms with E-state index in [0.717, 1.165) is 0 Å². The molecule has 0 saturated heterocycles. The van der Waals surface area contributed by atoms with Crippen molar-refractivity contribution < 1.29 is 43.4 Å². The van der Waals surface area contributed by atoms with Crippen LogP contribution >= 0.6 is 0 Å². The first kappa shape index (κ1) is 177. The molecule has 0 atom stereocenters. The van der Waals surface area contributed by atoms with Gasteiger partial charge in [0.15, 0.2) is 0 Å². The molecule has 0 aliphatic carbocycles. The zero-order valence-corrected chi connectivity index (χ0v) is 6.95. The van der Waals surface area contributed by atoms with Gasteiger partial charge in [-0.15, -0.1) is 0 Å². The van der Waals surface area contributed by atoms with Crippen molar-refractivity contribution in [2.45, 2.75) is 0 Å². The van der Waals surface area contributed by atoms with Gasteiger partial charge in [-0.3, -0.25) is 0 Å². The molecule has 0 radical (unpaired) electrons. The van der Waals surface area contributed by atoms with Crippen molar-refractivity contribution in [3.63, 3.8) is 0 Å². The second-order valence-corrected chi connectivity index (χ2v) is 0. The number of hydrogen-bond acceptors (Lipinski definition) is 4. The van der Waals surface area contributed by atoms with Gasteiger partial charge in [-0.05, 0) is 0 Å². The molecule has 40 valence electrons. The first-order valence-electron chi connectivity index (χ1n) is 0. The van der Waals surface area contributed by atoms with E-state index >= 15 is 0 Å². The van der Waals surface area contributed by atoms with E-state index in [-0.39, 0.29) is 68.0 Å². The van der Waals surface area contributed by atoms with Crippen molar-refractivity contribution in [1.29, 1.82) is 0 Å². The predicted molar refractivity (Wildman–Crippen MR) is 20.1 cm³/mol. The number of rotatable bonds is 0. The van der Waals surface area contributed by atoms with Gasteiger partial charge >= 0.3 is 0 Å². The van der Waals surface area contributed by atoms with Gasteiger partial charge < -0.3 is 24.6 Å². The normalized spacial score (nSPS) is 0. The Morgan fingerprint density at radius 2 is 0.333 bits per heavy atom. The third kappa shape index (κ3) is 59.7. The molecule has 0 aliphatic rings. The maximum Gasteiger partial charge on any atom is 0 e. The number of hydrogen-bond donors (Lipinski definition) is 4. The third-order valence-corrected chi connectivity index (χ3v) is 0. The van der Waals surface area contributed by atoms with Crippen molar-refractivity contribution in [3.8, 4) is 0 Å². The minimum Gasteiger partial charge on any atom is -0.344 e. The molecule has 0 amide bonds. The summed E-state index contributed by atoms with van der Waals surface area (Å²) in [6.45, 7) is 0. The van der Waals surface area contributed by atoms with Crippen LogP contribution in [0.4, 0.5) is 0 Å². The molecule has 4 nitrogen and oxygen atoms in total. The molecule has 0 spiro atoms. The molecule has 0 aromatic rings. The first-order valence-corrected chi connectivity index (χ1v) is 0. The Bertz CT molecular complexity index is 5.51. The summed E-state index contributed by atoms with van der Waals surface area (Å²) in [7, 11) is 0. The Labute approximate surface area is 67.9 Å². The zero-order chi connectivity index (χ0) is 0. The van der Waals surface area contributed by atoms with Crippen molar-refractivity contribution in [3.05, 3.63) is 0 Å². The second kappa shape index (κ2) is 108. The van der Waals surface area contributed by atoms with Crippen LogP contribution in [0.2, 0.25) is 0 Å². The van der Waals surface area contributed by atoms with E-state index in [9.17, 15) is 0 Å². The van der Waals surface area contributed by atoms with E-state index < -0.39 is 0 Å². The fourth-order valence-electron chi connectivity index (χ4n) is 0. The smallest absolute Gasteiger partial charge is 0 e. The average Bonchev–Trinajstić information content (AvgIpc) is 0. The predicted octanol–water partition coefficient (Wildman–Crippen LogP) is 0.643. The Morgan fingerprint density at radius 3 is 0.333 bits per heavy atom. The molecule has 0 fully saturated rings. The summed E-state index contributed by atoms with van der Waals surface area (Å²) in [5, 5.41) is 0. The molecule has 0 aromatic heterocycles. The summed E-state index contributed by atoms with van der Waals surface area (Å²) in [4.78, 5) is 0. The Hall–Kier alpha value is 1.27. The molecular formula is H12N4Ti2.